The van der Waals surface area contributed by atoms with Crippen LogP contribution in [-0.4, -0.2) is 87.5 Å². The highest BCUT2D eigenvalue weighted by molar-refractivity contribution is 5.76. The Morgan fingerprint density at radius 3 is 1.35 bits per heavy atom. The molecule has 1 rings (SSSR count). The monoisotopic (exact) mass is 996 g/mol. The van der Waals surface area contributed by atoms with Gasteiger partial charge >= 0.3 is 0 Å². The minimum Gasteiger partial charge on any atom is -0.394 e. The molecule has 1 aliphatic heterocycles. The first-order valence-corrected chi connectivity index (χ1v) is 29.3. The zero-order chi connectivity index (χ0) is 51.5. The molecule has 7 unspecified atom stereocenters. The molecule has 1 amide bonds. The second-order valence-electron chi connectivity index (χ2n) is 20.0. The van der Waals surface area contributed by atoms with Gasteiger partial charge in [-0.3, -0.25) is 4.79 Å². The van der Waals surface area contributed by atoms with E-state index in [2.05, 4.69) is 92.1 Å². The van der Waals surface area contributed by atoms with Crippen LogP contribution in [0.5, 0.6) is 0 Å². The van der Waals surface area contributed by atoms with Crippen LogP contribution in [-0.2, 0) is 14.3 Å². The fraction of sp³-hybridized carbons (Fsp3) is 0.758. The predicted octanol–water partition coefficient (Wildman–Crippen LogP) is 14.6. The van der Waals surface area contributed by atoms with E-state index in [-0.39, 0.29) is 12.5 Å². The van der Waals surface area contributed by atoms with Gasteiger partial charge in [-0.25, -0.2) is 0 Å². The van der Waals surface area contributed by atoms with Gasteiger partial charge < -0.3 is 40.3 Å². The zero-order valence-corrected chi connectivity index (χ0v) is 45.5. The van der Waals surface area contributed by atoms with Gasteiger partial charge in [0.2, 0.25) is 5.91 Å². The Morgan fingerprint density at radius 2 is 0.887 bits per heavy atom. The largest absolute Gasteiger partial charge is 0.394 e. The first-order chi connectivity index (χ1) is 34.8. The first-order valence-electron chi connectivity index (χ1n) is 29.3. The molecule has 71 heavy (non-hydrogen) atoms. The van der Waals surface area contributed by atoms with Gasteiger partial charge in [0.1, 0.15) is 24.4 Å². The van der Waals surface area contributed by atoms with E-state index in [1.807, 2.05) is 6.08 Å². The summed E-state index contributed by atoms with van der Waals surface area (Å²) in [5, 5.41) is 54.4. The van der Waals surface area contributed by atoms with Gasteiger partial charge in [-0.2, -0.15) is 0 Å². The summed E-state index contributed by atoms with van der Waals surface area (Å²) in [6, 6.07) is -0.847. The number of hydrogen-bond acceptors (Lipinski definition) is 8. The lowest BCUT2D eigenvalue weighted by Crippen LogP contribution is -2.60. The van der Waals surface area contributed by atoms with Crippen molar-refractivity contribution >= 4 is 5.91 Å². The van der Waals surface area contributed by atoms with Crippen LogP contribution in [0.15, 0.2) is 85.1 Å². The number of aliphatic hydroxyl groups is 5. The number of carbonyl (C=O) groups is 1. The molecular formula is C62H109NO8. The molecular weight excluding hydrogens is 887 g/mol. The molecule has 0 saturated carbocycles. The molecule has 0 aromatic carbocycles. The normalized spacial score (nSPS) is 19.9. The lowest BCUT2D eigenvalue weighted by Gasteiger charge is -2.40. The summed E-state index contributed by atoms with van der Waals surface area (Å²) in [5.41, 5.74) is 0. The Bertz CT molecular complexity index is 1390. The number of aliphatic hydroxyl groups excluding tert-OH is 5. The SMILES string of the molecule is CC/C=C\C/C=C\C/C=C\C/C=C\CCCCCCC(=O)NC(COC1OC(CO)C(O)C(O)C1O)C(O)/C=C/CC/C=C/CC/C=C/CCCCCCCCCCCCCCCCCCCCCCC. The van der Waals surface area contributed by atoms with E-state index < -0.39 is 49.5 Å². The van der Waals surface area contributed by atoms with Gasteiger partial charge in [0, 0.05) is 6.42 Å². The maximum absolute atomic E-state index is 13.0. The van der Waals surface area contributed by atoms with E-state index >= 15 is 0 Å². The average Bonchev–Trinajstić information content (AvgIpc) is 3.37. The van der Waals surface area contributed by atoms with Crippen LogP contribution in [0.3, 0.4) is 0 Å². The van der Waals surface area contributed by atoms with E-state index in [9.17, 15) is 30.3 Å². The highest BCUT2D eigenvalue weighted by Crippen LogP contribution is 2.23. The van der Waals surface area contributed by atoms with Crippen LogP contribution >= 0.6 is 0 Å². The molecule has 1 saturated heterocycles. The summed E-state index contributed by atoms with van der Waals surface area (Å²) in [4.78, 5) is 13.0. The van der Waals surface area contributed by atoms with E-state index in [0.29, 0.717) is 12.8 Å². The van der Waals surface area contributed by atoms with Crippen molar-refractivity contribution in [1.29, 1.82) is 0 Å². The number of allylic oxidation sites excluding steroid dienone is 13. The number of rotatable bonds is 49. The Morgan fingerprint density at radius 1 is 0.493 bits per heavy atom. The highest BCUT2D eigenvalue weighted by atomic mass is 16.7. The van der Waals surface area contributed by atoms with Crippen LogP contribution in [0, 0.1) is 0 Å². The van der Waals surface area contributed by atoms with Gasteiger partial charge in [0.05, 0.1) is 25.4 Å². The molecule has 9 nitrogen and oxygen atoms in total. The van der Waals surface area contributed by atoms with Crippen molar-refractivity contribution in [3.8, 4) is 0 Å². The summed E-state index contributed by atoms with van der Waals surface area (Å²) in [5.74, 6) is -0.216. The average molecular weight is 997 g/mol. The summed E-state index contributed by atoms with van der Waals surface area (Å²) in [7, 11) is 0. The molecule has 7 atom stereocenters. The second kappa shape index (κ2) is 50.9. The molecule has 0 radical (unpaired) electrons. The van der Waals surface area contributed by atoms with Crippen molar-refractivity contribution < 1.29 is 39.8 Å². The third-order valence-electron chi connectivity index (χ3n) is 13.4. The summed E-state index contributed by atoms with van der Waals surface area (Å²) < 4.78 is 11.2. The van der Waals surface area contributed by atoms with E-state index in [1.54, 1.807) is 6.08 Å². The van der Waals surface area contributed by atoms with Crippen LogP contribution in [0.25, 0.3) is 0 Å². The molecule has 0 spiro atoms. The molecule has 1 heterocycles. The third kappa shape index (κ3) is 40.4. The minimum atomic E-state index is -1.58. The van der Waals surface area contributed by atoms with E-state index in [1.165, 1.54) is 141 Å². The van der Waals surface area contributed by atoms with Crippen molar-refractivity contribution in [2.24, 2.45) is 0 Å². The van der Waals surface area contributed by atoms with Crippen molar-refractivity contribution in [3.05, 3.63) is 85.1 Å². The van der Waals surface area contributed by atoms with E-state index in [0.717, 1.165) is 77.0 Å². The van der Waals surface area contributed by atoms with Gasteiger partial charge in [-0.05, 0) is 83.5 Å². The summed E-state index contributed by atoms with van der Waals surface area (Å²) in [6.45, 7) is 3.63. The third-order valence-corrected chi connectivity index (χ3v) is 13.4. The quantitative estimate of drug-likeness (QED) is 0.0261. The van der Waals surface area contributed by atoms with Gasteiger partial charge in [0.25, 0.3) is 0 Å². The molecule has 0 bridgehead atoms. The lowest BCUT2D eigenvalue weighted by atomic mass is 9.99. The molecule has 0 aliphatic carbocycles. The van der Waals surface area contributed by atoms with Crippen LogP contribution in [0.2, 0.25) is 0 Å². The number of carbonyl (C=O) groups excluding carboxylic acids is 1. The Kier molecular flexibility index (Phi) is 47.6. The van der Waals surface area contributed by atoms with E-state index in [4.69, 9.17) is 9.47 Å². The number of hydrogen-bond donors (Lipinski definition) is 6. The van der Waals surface area contributed by atoms with Crippen LogP contribution in [0.4, 0.5) is 0 Å². The molecule has 0 aromatic heterocycles. The fourth-order valence-electron chi connectivity index (χ4n) is 8.83. The van der Waals surface area contributed by atoms with Gasteiger partial charge in [-0.1, -0.05) is 240 Å². The van der Waals surface area contributed by atoms with Gasteiger partial charge in [0.15, 0.2) is 6.29 Å². The lowest BCUT2D eigenvalue weighted by molar-refractivity contribution is -0.302. The number of amides is 1. The van der Waals surface area contributed by atoms with Gasteiger partial charge in [-0.15, -0.1) is 0 Å². The second-order valence-corrected chi connectivity index (χ2v) is 20.0. The summed E-state index contributed by atoms with van der Waals surface area (Å²) >= 11 is 0. The zero-order valence-electron chi connectivity index (χ0n) is 45.5. The molecule has 1 aliphatic rings. The smallest absolute Gasteiger partial charge is 0.220 e. The molecule has 1 fully saturated rings. The molecule has 6 N–H and O–H groups in total. The highest BCUT2D eigenvalue weighted by Gasteiger charge is 2.44. The molecule has 410 valence electrons. The molecule has 0 aromatic rings. The topological polar surface area (TPSA) is 149 Å². The minimum absolute atomic E-state index is 0.216. The number of unbranched alkanes of at least 4 members (excludes halogenated alkanes) is 27. The van der Waals surface area contributed by atoms with Crippen molar-refractivity contribution in [2.45, 2.75) is 288 Å². The van der Waals surface area contributed by atoms with Crippen molar-refractivity contribution in [1.82, 2.24) is 5.32 Å². The van der Waals surface area contributed by atoms with Crippen LogP contribution < -0.4 is 5.32 Å². The Balaban J connectivity index is 2.24. The maximum atomic E-state index is 13.0. The Hall–Kier alpha value is -2.63. The molecule has 9 heteroatoms. The number of nitrogens with one attached hydrogen (secondary N) is 1. The van der Waals surface area contributed by atoms with Crippen molar-refractivity contribution in [2.75, 3.05) is 13.2 Å². The standard InChI is InChI=1S/C62H109NO8/c1-3-5-7-9-11-13-15-17-19-21-22-23-24-25-26-27-28-29-30-31-32-33-34-36-37-39-41-43-45-47-49-51-56(65)55(54-70-62-61(69)60(68)59(67)57(53-64)71-62)63-58(66)52-50-48-46-44-42-40-38-35-20-18-16-14-12-10-8-6-4-2/h6,8,12,14,18,20,34,36,38,40-41,43,49,51,55-57,59-62,64-65,67-69H,3-5,7,9-11,13,15-17,19,21-33,35,37,39,42,44-48,50,52-54H2,1-2H3,(H,63,66)/b8-6-,14-12-,20-18-,36-34+,40-38-,43-41+,51-49+. The summed E-state index contributed by atoms with van der Waals surface area (Å²) in [6.07, 6.45) is 65.3. The first kappa shape index (κ1) is 66.4. The number of ether oxygens (including phenoxy) is 2. The van der Waals surface area contributed by atoms with Crippen molar-refractivity contribution in [3.63, 3.8) is 0 Å². The maximum Gasteiger partial charge on any atom is 0.220 e. The Labute approximate surface area is 435 Å². The van der Waals surface area contributed by atoms with Crippen LogP contribution in [0.1, 0.15) is 245 Å². The predicted molar refractivity (Wildman–Crippen MR) is 299 cm³/mol. The fourth-order valence-corrected chi connectivity index (χ4v) is 8.83.